The molecular formula is C17H15ClFN3O2. The molecule has 2 aromatic rings. The molecule has 0 saturated carbocycles. The maximum absolute atomic E-state index is 13.8. The molecule has 124 valence electrons. The molecule has 0 spiro atoms. The molecule has 0 atom stereocenters. The molecule has 0 radical (unpaired) electrons. The SMILES string of the molecule is O=C(CN1CCN(c2ccccc2F)C1=O)Nc1ccccc1Cl. The summed E-state index contributed by atoms with van der Waals surface area (Å²) >= 11 is 5.99. The van der Waals surface area contributed by atoms with Crippen LogP contribution in [0.4, 0.5) is 20.6 Å². The van der Waals surface area contributed by atoms with Gasteiger partial charge in [0.15, 0.2) is 0 Å². The van der Waals surface area contributed by atoms with Crippen LogP contribution in [0.25, 0.3) is 0 Å². The van der Waals surface area contributed by atoms with E-state index in [1.165, 1.54) is 15.9 Å². The van der Waals surface area contributed by atoms with Crippen LogP contribution in [0.5, 0.6) is 0 Å². The minimum Gasteiger partial charge on any atom is -0.323 e. The van der Waals surface area contributed by atoms with Gasteiger partial charge in [-0.15, -0.1) is 0 Å². The topological polar surface area (TPSA) is 52.7 Å². The number of para-hydroxylation sites is 2. The Balaban J connectivity index is 1.65. The van der Waals surface area contributed by atoms with Gasteiger partial charge in [-0.3, -0.25) is 9.69 Å². The van der Waals surface area contributed by atoms with Gasteiger partial charge in [0, 0.05) is 13.1 Å². The van der Waals surface area contributed by atoms with E-state index >= 15 is 0 Å². The number of nitrogens with zero attached hydrogens (tertiary/aromatic N) is 2. The molecule has 5 nitrogen and oxygen atoms in total. The number of hydrogen-bond donors (Lipinski definition) is 1. The van der Waals surface area contributed by atoms with E-state index < -0.39 is 11.8 Å². The lowest BCUT2D eigenvalue weighted by Gasteiger charge is -2.19. The quantitative estimate of drug-likeness (QED) is 0.922. The Morgan fingerprint density at radius 3 is 2.58 bits per heavy atom. The van der Waals surface area contributed by atoms with Crippen LogP contribution < -0.4 is 10.2 Å². The van der Waals surface area contributed by atoms with E-state index in [0.717, 1.165) is 0 Å². The number of amides is 3. The molecule has 1 aliphatic rings. The van der Waals surface area contributed by atoms with E-state index in [1.807, 2.05) is 0 Å². The van der Waals surface area contributed by atoms with E-state index in [-0.39, 0.29) is 18.1 Å². The maximum Gasteiger partial charge on any atom is 0.325 e. The second-order valence-electron chi connectivity index (χ2n) is 5.34. The van der Waals surface area contributed by atoms with E-state index in [4.69, 9.17) is 11.6 Å². The van der Waals surface area contributed by atoms with Gasteiger partial charge in [-0.1, -0.05) is 35.9 Å². The highest BCUT2D eigenvalue weighted by molar-refractivity contribution is 6.33. The van der Waals surface area contributed by atoms with Crippen LogP contribution in [-0.2, 0) is 4.79 Å². The lowest BCUT2D eigenvalue weighted by Crippen LogP contribution is -2.37. The zero-order valence-corrected chi connectivity index (χ0v) is 13.5. The van der Waals surface area contributed by atoms with Crippen LogP contribution >= 0.6 is 11.6 Å². The summed E-state index contributed by atoms with van der Waals surface area (Å²) in [5.74, 6) is -0.819. The number of carbonyl (C=O) groups excluding carboxylic acids is 2. The summed E-state index contributed by atoms with van der Waals surface area (Å²) < 4.78 is 13.8. The number of hydrogen-bond acceptors (Lipinski definition) is 2. The van der Waals surface area contributed by atoms with Crippen LogP contribution in [0.1, 0.15) is 0 Å². The Kier molecular flexibility index (Phi) is 4.66. The molecule has 0 aromatic heterocycles. The standard InChI is InChI=1S/C17H15ClFN3O2/c18-12-5-1-3-7-14(12)20-16(23)11-21-9-10-22(17(21)24)15-8-4-2-6-13(15)19/h1-8H,9-11H2,(H,20,23). The van der Waals surface area contributed by atoms with E-state index in [9.17, 15) is 14.0 Å². The Morgan fingerprint density at radius 1 is 1.12 bits per heavy atom. The predicted octanol–water partition coefficient (Wildman–Crippen LogP) is 3.36. The molecular weight excluding hydrogens is 333 g/mol. The van der Waals surface area contributed by atoms with Crippen molar-refractivity contribution in [2.24, 2.45) is 0 Å². The summed E-state index contributed by atoms with van der Waals surface area (Å²) in [7, 11) is 0. The minimum atomic E-state index is -0.465. The first-order valence-electron chi connectivity index (χ1n) is 7.41. The smallest absolute Gasteiger partial charge is 0.323 e. The fourth-order valence-corrected chi connectivity index (χ4v) is 2.73. The summed E-state index contributed by atoms with van der Waals surface area (Å²) in [5.41, 5.74) is 0.707. The average molecular weight is 348 g/mol. The molecule has 1 saturated heterocycles. The zero-order valence-electron chi connectivity index (χ0n) is 12.7. The summed E-state index contributed by atoms with van der Waals surface area (Å²) in [6, 6.07) is 12.5. The molecule has 1 heterocycles. The van der Waals surface area contributed by atoms with Crippen LogP contribution in [0.15, 0.2) is 48.5 Å². The van der Waals surface area contributed by atoms with Crippen molar-refractivity contribution in [1.29, 1.82) is 0 Å². The third-order valence-corrected chi connectivity index (χ3v) is 4.05. The number of nitrogens with one attached hydrogen (secondary N) is 1. The third kappa shape index (κ3) is 3.33. The first kappa shape index (κ1) is 16.3. The van der Waals surface area contributed by atoms with Crippen molar-refractivity contribution in [3.8, 4) is 0 Å². The van der Waals surface area contributed by atoms with Crippen LogP contribution in [-0.4, -0.2) is 36.5 Å². The highest BCUT2D eigenvalue weighted by atomic mass is 35.5. The summed E-state index contributed by atoms with van der Waals surface area (Å²) in [6.07, 6.45) is 0. The number of benzene rings is 2. The summed E-state index contributed by atoms with van der Waals surface area (Å²) in [4.78, 5) is 27.2. The van der Waals surface area contributed by atoms with Crippen LogP contribution in [0, 0.1) is 5.82 Å². The lowest BCUT2D eigenvalue weighted by atomic mass is 10.3. The maximum atomic E-state index is 13.8. The second-order valence-corrected chi connectivity index (χ2v) is 5.74. The van der Waals surface area contributed by atoms with Gasteiger partial charge in [-0.2, -0.15) is 0 Å². The zero-order chi connectivity index (χ0) is 17.1. The van der Waals surface area contributed by atoms with E-state index in [0.29, 0.717) is 23.8 Å². The van der Waals surface area contributed by atoms with E-state index in [2.05, 4.69) is 5.32 Å². The van der Waals surface area contributed by atoms with Gasteiger partial charge in [0.25, 0.3) is 0 Å². The van der Waals surface area contributed by atoms with Gasteiger partial charge >= 0.3 is 6.03 Å². The van der Waals surface area contributed by atoms with Gasteiger partial charge in [0.2, 0.25) is 5.91 Å². The Hall–Kier alpha value is -2.60. The average Bonchev–Trinajstić information content (AvgIpc) is 2.91. The molecule has 2 aromatic carbocycles. The van der Waals surface area contributed by atoms with Crippen molar-refractivity contribution in [2.75, 3.05) is 29.9 Å². The van der Waals surface area contributed by atoms with Crippen molar-refractivity contribution < 1.29 is 14.0 Å². The molecule has 1 fully saturated rings. The molecule has 24 heavy (non-hydrogen) atoms. The molecule has 1 aliphatic heterocycles. The van der Waals surface area contributed by atoms with Crippen molar-refractivity contribution >= 4 is 34.9 Å². The van der Waals surface area contributed by atoms with Gasteiger partial charge < -0.3 is 10.2 Å². The second kappa shape index (κ2) is 6.88. The molecule has 3 amide bonds. The molecule has 0 bridgehead atoms. The fourth-order valence-electron chi connectivity index (χ4n) is 2.55. The number of halogens is 2. The van der Waals surface area contributed by atoms with Crippen molar-refractivity contribution in [1.82, 2.24) is 4.90 Å². The number of carbonyl (C=O) groups is 2. The lowest BCUT2D eigenvalue weighted by molar-refractivity contribution is -0.116. The van der Waals surface area contributed by atoms with Crippen molar-refractivity contribution in [3.05, 3.63) is 59.4 Å². The number of urea groups is 1. The minimum absolute atomic E-state index is 0.116. The fraction of sp³-hybridized carbons (Fsp3) is 0.176. The summed E-state index contributed by atoms with van der Waals surface area (Å²) in [5, 5.41) is 3.09. The van der Waals surface area contributed by atoms with Crippen molar-refractivity contribution in [2.45, 2.75) is 0 Å². The molecule has 0 unspecified atom stereocenters. The highest BCUT2D eigenvalue weighted by Crippen LogP contribution is 2.24. The van der Waals surface area contributed by atoms with Gasteiger partial charge in [-0.05, 0) is 24.3 Å². The van der Waals surface area contributed by atoms with Gasteiger partial charge in [0.05, 0.1) is 16.4 Å². The Bertz CT molecular complexity index is 784. The highest BCUT2D eigenvalue weighted by Gasteiger charge is 2.32. The summed E-state index contributed by atoms with van der Waals surface area (Å²) in [6.45, 7) is 0.567. The molecule has 3 rings (SSSR count). The van der Waals surface area contributed by atoms with Crippen molar-refractivity contribution in [3.63, 3.8) is 0 Å². The molecule has 1 N–H and O–H groups in total. The first-order valence-corrected chi connectivity index (χ1v) is 7.79. The molecule has 0 aliphatic carbocycles. The number of rotatable bonds is 4. The number of anilines is 2. The van der Waals surface area contributed by atoms with Gasteiger partial charge in [-0.25, -0.2) is 9.18 Å². The van der Waals surface area contributed by atoms with Crippen LogP contribution in [0.2, 0.25) is 5.02 Å². The largest absolute Gasteiger partial charge is 0.325 e. The normalized spacial score (nSPS) is 14.2. The van der Waals surface area contributed by atoms with E-state index in [1.54, 1.807) is 42.5 Å². The molecule has 7 heteroatoms. The van der Waals surface area contributed by atoms with Gasteiger partial charge in [0.1, 0.15) is 12.4 Å². The van der Waals surface area contributed by atoms with Crippen LogP contribution in [0.3, 0.4) is 0 Å². The Morgan fingerprint density at radius 2 is 1.83 bits per heavy atom. The first-order chi connectivity index (χ1) is 11.6. The Labute approximate surface area is 143 Å². The third-order valence-electron chi connectivity index (χ3n) is 3.72. The monoisotopic (exact) mass is 347 g/mol. The predicted molar refractivity (Wildman–Crippen MR) is 90.8 cm³/mol.